The first-order valence-corrected chi connectivity index (χ1v) is 6.25. The maximum absolute atomic E-state index is 11.8. The van der Waals surface area contributed by atoms with Crippen LogP contribution in [0, 0.1) is 0 Å². The van der Waals surface area contributed by atoms with Crippen molar-refractivity contribution in [1.29, 1.82) is 0 Å². The number of benzene rings is 1. The number of nitrogens with two attached hydrogens (primary N) is 1. The van der Waals surface area contributed by atoms with Gasteiger partial charge in [0, 0.05) is 23.5 Å². The van der Waals surface area contributed by atoms with Crippen LogP contribution in [0.3, 0.4) is 0 Å². The van der Waals surface area contributed by atoms with Crippen molar-refractivity contribution < 1.29 is 4.74 Å². The third-order valence-electron chi connectivity index (χ3n) is 3.11. The lowest BCUT2D eigenvalue weighted by molar-refractivity contribution is 0.408. The van der Waals surface area contributed by atoms with Crippen molar-refractivity contribution in [3.63, 3.8) is 0 Å². The van der Waals surface area contributed by atoms with Crippen LogP contribution < -0.4 is 16.0 Å². The maximum Gasteiger partial charge on any atom is 0.252 e. The number of pyridine rings is 1. The van der Waals surface area contributed by atoms with Crippen LogP contribution in [-0.4, -0.2) is 11.7 Å². The van der Waals surface area contributed by atoms with Gasteiger partial charge in [0.2, 0.25) is 0 Å². The molecule has 100 valence electrons. The Hall–Kier alpha value is -2.23. The van der Waals surface area contributed by atoms with Gasteiger partial charge in [0.1, 0.15) is 5.75 Å². The molecular weight excluding hydrogens is 240 g/mol. The van der Waals surface area contributed by atoms with Crippen molar-refractivity contribution in [3.8, 4) is 5.75 Å². The van der Waals surface area contributed by atoms with E-state index in [-0.39, 0.29) is 5.56 Å². The third kappa shape index (κ3) is 2.96. The van der Waals surface area contributed by atoms with E-state index in [1.165, 1.54) is 11.6 Å². The van der Waals surface area contributed by atoms with Gasteiger partial charge in [0.15, 0.2) is 0 Å². The molecular formula is C15H18N2O2. The summed E-state index contributed by atoms with van der Waals surface area (Å²) in [5.41, 5.74) is 8.17. The quantitative estimate of drug-likeness (QED) is 0.913. The van der Waals surface area contributed by atoms with Crippen molar-refractivity contribution in [3.05, 3.63) is 58.0 Å². The molecule has 19 heavy (non-hydrogen) atoms. The fourth-order valence-electron chi connectivity index (χ4n) is 2.01. The smallest absolute Gasteiger partial charge is 0.252 e. The Kier molecular flexibility index (Phi) is 3.90. The van der Waals surface area contributed by atoms with Gasteiger partial charge in [-0.3, -0.25) is 4.79 Å². The highest BCUT2D eigenvalue weighted by Gasteiger charge is 2.06. The second kappa shape index (κ2) is 5.61. The van der Waals surface area contributed by atoms with Gasteiger partial charge in [-0.1, -0.05) is 19.1 Å². The summed E-state index contributed by atoms with van der Waals surface area (Å²) in [6.45, 7) is 2.58. The fourth-order valence-corrected chi connectivity index (χ4v) is 2.01. The molecule has 2 rings (SSSR count). The zero-order chi connectivity index (χ0) is 13.8. The second-order valence-corrected chi connectivity index (χ2v) is 4.43. The first kappa shape index (κ1) is 13.2. The van der Waals surface area contributed by atoms with Crippen LogP contribution in [0.25, 0.3) is 0 Å². The van der Waals surface area contributed by atoms with Gasteiger partial charge in [-0.2, -0.15) is 0 Å². The summed E-state index contributed by atoms with van der Waals surface area (Å²) in [6, 6.07) is 9.19. The number of rotatable bonds is 4. The predicted molar refractivity (Wildman–Crippen MR) is 76.6 cm³/mol. The summed E-state index contributed by atoms with van der Waals surface area (Å²) < 4.78 is 6.96. The third-order valence-corrected chi connectivity index (χ3v) is 3.11. The fraction of sp³-hybridized carbons (Fsp3) is 0.267. The van der Waals surface area contributed by atoms with E-state index in [2.05, 4.69) is 13.0 Å². The Bertz CT molecular complexity index is 632. The molecule has 2 aromatic rings. The highest BCUT2D eigenvalue weighted by molar-refractivity contribution is 5.38. The number of anilines is 1. The largest absolute Gasteiger partial charge is 0.496 e. The number of hydrogen-bond acceptors (Lipinski definition) is 3. The van der Waals surface area contributed by atoms with Crippen LogP contribution in [0.5, 0.6) is 5.75 Å². The van der Waals surface area contributed by atoms with E-state index in [1.807, 2.05) is 12.1 Å². The molecule has 0 amide bonds. The van der Waals surface area contributed by atoms with Gasteiger partial charge < -0.3 is 15.0 Å². The Balaban J connectivity index is 2.39. The summed E-state index contributed by atoms with van der Waals surface area (Å²) >= 11 is 0. The summed E-state index contributed by atoms with van der Waals surface area (Å²) in [5.74, 6) is 0.793. The van der Waals surface area contributed by atoms with Crippen molar-refractivity contribution in [2.45, 2.75) is 19.9 Å². The number of nitrogen functional groups attached to an aromatic ring is 1. The van der Waals surface area contributed by atoms with Crippen molar-refractivity contribution in [1.82, 2.24) is 4.57 Å². The van der Waals surface area contributed by atoms with Crippen LogP contribution in [0.1, 0.15) is 18.1 Å². The maximum atomic E-state index is 11.8. The summed E-state index contributed by atoms with van der Waals surface area (Å²) in [6.07, 6.45) is 2.66. The highest BCUT2D eigenvalue weighted by Crippen LogP contribution is 2.21. The molecule has 0 aliphatic heterocycles. The molecule has 0 saturated carbocycles. The molecule has 0 atom stereocenters. The normalized spacial score (nSPS) is 10.4. The standard InChI is InChI=1S/C15H18N2O2/c1-3-11-4-5-14(19-2)12(8-11)10-17-7-6-13(16)9-15(17)18/h4-9H,3,10,16H2,1-2H3. The van der Waals surface area contributed by atoms with Gasteiger partial charge in [0.05, 0.1) is 13.7 Å². The summed E-state index contributed by atoms with van der Waals surface area (Å²) in [4.78, 5) is 11.8. The topological polar surface area (TPSA) is 57.2 Å². The number of nitrogens with zero attached hydrogens (tertiary/aromatic N) is 1. The van der Waals surface area contributed by atoms with Crippen LogP contribution in [0.4, 0.5) is 5.69 Å². The van der Waals surface area contributed by atoms with E-state index >= 15 is 0 Å². The zero-order valence-electron chi connectivity index (χ0n) is 11.2. The minimum absolute atomic E-state index is 0.107. The predicted octanol–water partition coefficient (Wildman–Crippen LogP) is 2.05. The number of ether oxygens (including phenoxy) is 1. The Morgan fingerprint density at radius 3 is 2.68 bits per heavy atom. The molecule has 1 heterocycles. The summed E-state index contributed by atoms with van der Waals surface area (Å²) in [7, 11) is 1.64. The van der Waals surface area contributed by atoms with Crippen LogP contribution in [-0.2, 0) is 13.0 Å². The molecule has 1 aromatic heterocycles. The van der Waals surface area contributed by atoms with E-state index in [1.54, 1.807) is 23.9 Å². The summed E-state index contributed by atoms with van der Waals surface area (Å²) in [5, 5.41) is 0. The second-order valence-electron chi connectivity index (χ2n) is 4.43. The minimum atomic E-state index is -0.107. The SMILES string of the molecule is CCc1ccc(OC)c(Cn2ccc(N)cc2=O)c1. The average molecular weight is 258 g/mol. The first-order valence-electron chi connectivity index (χ1n) is 6.25. The highest BCUT2D eigenvalue weighted by atomic mass is 16.5. The molecule has 0 spiro atoms. The van der Waals surface area contributed by atoms with Crippen LogP contribution in [0.2, 0.25) is 0 Å². The number of hydrogen-bond donors (Lipinski definition) is 1. The van der Waals surface area contributed by atoms with Gasteiger partial charge in [0.25, 0.3) is 5.56 Å². The number of aromatic nitrogens is 1. The first-order chi connectivity index (χ1) is 9.13. The minimum Gasteiger partial charge on any atom is -0.496 e. The molecule has 0 aliphatic carbocycles. The zero-order valence-corrected chi connectivity index (χ0v) is 11.2. The average Bonchev–Trinajstić information content (AvgIpc) is 2.41. The van der Waals surface area contributed by atoms with Gasteiger partial charge in [-0.15, -0.1) is 0 Å². The lowest BCUT2D eigenvalue weighted by Gasteiger charge is -2.12. The van der Waals surface area contributed by atoms with Gasteiger partial charge in [-0.05, 0) is 24.1 Å². The van der Waals surface area contributed by atoms with Crippen LogP contribution >= 0.6 is 0 Å². The van der Waals surface area contributed by atoms with Gasteiger partial charge in [-0.25, -0.2) is 0 Å². The van der Waals surface area contributed by atoms with E-state index in [0.29, 0.717) is 12.2 Å². The molecule has 1 aromatic carbocycles. The van der Waals surface area contributed by atoms with Crippen LogP contribution in [0.15, 0.2) is 41.3 Å². The molecule has 0 aliphatic rings. The Morgan fingerprint density at radius 2 is 2.05 bits per heavy atom. The van der Waals surface area contributed by atoms with Gasteiger partial charge >= 0.3 is 0 Å². The lowest BCUT2D eigenvalue weighted by Crippen LogP contribution is -2.19. The van der Waals surface area contributed by atoms with Crippen molar-refractivity contribution >= 4 is 5.69 Å². The van der Waals surface area contributed by atoms with E-state index < -0.39 is 0 Å². The van der Waals surface area contributed by atoms with Crippen molar-refractivity contribution in [2.24, 2.45) is 0 Å². The molecule has 4 nitrogen and oxygen atoms in total. The molecule has 0 radical (unpaired) electrons. The number of aryl methyl sites for hydroxylation is 1. The molecule has 0 bridgehead atoms. The Labute approximate surface area is 112 Å². The molecule has 0 saturated heterocycles. The monoisotopic (exact) mass is 258 g/mol. The molecule has 0 unspecified atom stereocenters. The van der Waals surface area contributed by atoms with Crippen molar-refractivity contribution in [2.75, 3.05) is 12.8 Å². The molecule has 2 N–H and O–H groups in total. The molecule has 0 fully saturated rings. The van der Waals surface area contributed by atoms with E-state index in [0.717, 1.165) is 17.7 Å². The Morgan fingerprint density at radius 1 is 1.26 bits per heavy atom. The molecule has 4 heteroatoms. The van der Waals surface area contributed by atoms with E-state index in [4.69, 9.17) is 10.5 Å². The lowest BCUT2D eigenvalue weighted by atomic mass is 10.1. The van der Waals surface area contributed by atoms with E-state index in [9.17, 15) is 4.79 Å². The number of methoxy groups -OCH3 is 1.